The van der Waals surface area contributed by atoms with Crippen molar-refractivity contribution in [2.45, 2.75) is 24.9 Å². The topological polar surface area (TPSA) is 0 Å². The molecule has 0 aliphatic carbocycles. The molecule has 1 rings (SSSR count). The van der Waals surface area contributed by atoms with Gasteiger partial charge in [-0.3, -0.25) is 0 Å². The second-order valence-corrected chi connectivity index (χ2v) is 3.54. The Kier molecular flexibility index (Phi) is 0.770. The molecule has 0 spiro atoms. The van der Waals surface area contributed by atoms with Gasteiger partial charge in [-0.05, 0) is 0 Å². The van der Waals surface area contributed by atoms with E-state index in [1.165, 1.54) is 22.0 Å². The molecule has 0 amide bonds. The predicted octanol–water partition coefficient (Wildman–Crippen LogP) is 1.32. The Morgan fingerprint density at radius 3 is 2.20 bits per heavy atom. The number of hydrogen-bond acceptors (Lipinski definition) is 0. The summed E-state index contributed by atoms with van der Waals surface area (Å²) in [6, 6.07) is 1.52. The third-order valence-corrected chi connectivity index (χ3v) is 2.63. The van der Waals surface area contributed by atoms with Crippen LogP contribution in [0.25, 0.3) is 0 Å². The molecule has 1 heterocycles. The number of rotatable bonds is 0. The molecule has 0 aromatic rings. The van der Waals surface area contributed by atoms with Gasteiger partial charge in [0.2, 0.25) is 0 Å². The normalized spacial score (nSPS) is 36.6. The largest absolute Gasteiger partial charge is 0.0653 e. The van der Waals surface area contributed by atoms with Gasteiger partial charge in [0, 0.05) is 9.52 Å². The minimum atomic E-state index is 1.09. The lowest BCUT2D eigenvalue weighted by Crippen LogP contribution is -2.09. The molecule has 0 nitrogen and oxygen atoms in total. The molecule has 1 atom stereocenters. The first-order chi connectivity index (χ1) is 2.39. The summed E-state index contributed by atoms with van der Waals surface area (Å²) >= 11 is 0. The van der Waals surface area contributed by atoms with Crippen LogP contribution < -0.4 is 0 Å². The first kappa shape index (κ1) is 3.41. The third kappa shape index (κ3) is 0.536. The van der Waals surface area contributed by atoms with Crippen LogP contribution in [-0.2, 0) is 0 Å². The van der Waals surface area contributed by atoms with Gasteiger partial charge in [-0.15, -0.1) is 0 Å². The molecule has 1 aliphatic rings. The van der Waals surface area contributed by atoms with E-state index in [0.29, 0.717) is 0 Å². The van der Waals surface area contributed by atoms with E-state index < -0.39 is 0 Å². The first-order valence-corrected chi connectivity index (χ1v) is 3.41. The van der Waals surface area contributed by atoms with E-state index in [1.54, 1.807) is 0 Å². The van der Waals surface area contributed by atoms with Crippen LogP contribution in [-0.4, -0.2) is 9.52 Å². The van der Waals surface area contributed by atoms with Gasteiger partial charge in [0.1, 0.15) is 0 Å². The first-order valence-electron chi connectivity index (χ1n) is 2.13. The lowest BCUT2D eigenvalue weighted by atomic mass is 10.3. The monoisotopic (exact) mass is 84.0 g/mol. The van der Waals surface area contributed by atoms with Crippen molar-refractivity contribution in [2.24, 2.45) is 0 Å². The van der Waals surface area contributed by atoms with Crippen molar-refractivity contribution >= 4 is 9.52 Å². The molecule has 1 aliphatic heterocycles. The molecule has 1 fully saturated rings. The molecule has 0 saturated carbocycles. The smallest absolute Gasteiger partial charge is 0.0410 e. The Labute approximate surface area is 35.4 Å². The molecule has 0 aromatic carbocycles. The zero-order valence-corrected chi connectivity index (χ0v) is 4.49. The average molecular weight is 84.2 g/mol. The quantitative estimate of drug-likeness (QED) is 0.388. The van der Waals surface area contributed by atoms with E-state index >= 15 is 0 Å². The molecule has 28 valence electrons. The Morgan fingerprint density at radius 2 is 2.20 bits per heavy atom. The maximum Gasteiger partial charge on any atom is 0.0410 e. The summed E-state index contributed by atoms with van der Waals surface area (Å²) in [7, 11) is 1.29. The standard InChI is InChI=1S/C4H8Si/c1-4-2-3-5-4/h4H,2-3H2,1H3. The van der Waals surface area contributed by atoms with E-state index in [4.69, 9.17) is 0 Å². The van der Waals surface area contributed by atoms with Gasteiger partial charge >= 0.3 is 0 Å². The minimum Gasteiger partial charge on any atom is -0.0653 e. The van der Waals surface area contributed by atoms with Gasteiger partial charge in [0.05, 0.1) is 0 Å². The fourth-order valence-electron chi connectivity index (χ4n) is 0.433. The third-order valence-electron chi connectivity index (χ3n) is 1.07. The molecule has 0 bridgehead atoms. The van der Waals surface area contributed by atoms with Crippen LogP contribution in [0.4, 0.5) is 0 Å². The van der Waals surface area contributed by atoms with Crippen molar-refractivity contribution in [1.29, 1.82) is 0 Å². The fraction of sp³-hybridized carbons (Fsp3) is 1.00. The van der Waals surface area contributed by atoms with Crippen LogP contribution >= 0.6 is 0 Å². The van der Waals surface area contributed by atoms with Gasteiger partial charge in [-0.25, -0.2) is 0 Å². The van der Waals surface area contributed by atoms with E-state index in [2.05, 4.69) is 6.92 Å². The van der Waals surface area contributed by atoms with Crippen molar-refractivity contribution < 1.29 is 0 Å². The summed E-state index contributed by atoms with van der Waals surface area (Å²) in [6.45, 7) is 2.32. The Bertz CT molecular complexity index is 30.6. The lowest BCUT2D eigenvalue weighted by Gasteiger charge is -2.17. The highest BCUT2D eigenvalue weighted by molar-refractivity contribution is 6.41. The SMILES string of the molecule is CC1CC[Si]1. The molecule has 0 N–H and O–H groups in total. The van der Waals surface area contributed by atoms with Crippen LogP contribution in [0.2, 0.25) is 11.6 Å². The summed E-state index contributed by atoms with van der Waals surface area (Å²) in [5, 5.41) is 0. The van der Waals surface area contributed by atoms with Crippen LogP contribution in [0.5, 0.6) is 0 Å². The zero-order valence-electron chi connectivity index (χ0n) is 3.49. The van der Waals surface area contributed by atoms with Gasteiger partial charge in [-0.2, -0.15) is 0 Å². The summed E-state index contributed by atoms with van der Waals surface area (Å²) in [6.07, 6.45) is 1.50. The molecule has 0 aromatic heterocycles. The van der Waals surface area contributed by atoms with Gasteiger partial charge < -0.3 is 0 Å². The van der Waals surface area contributed by atoms with Crippen molar-refractivity contribution in [3.05, 3.63) is 0 Å². The highest BCUT2D eigenvalue weighted by Crippen LogP contribution is 2.22. The van der Waals surface area contributed by atoms with E-state index in [1.807, 2.05) is 0 Å². The van der Waals surface area contributed by atoms with E-state index in [-0.39, 0.29) is 0 Å². The summed E-state index contributed by atoms with van der Waals surface area (Å²) in [5.74, 6) is 0. The fourth-order valence-corrected chi connectivity index (χ4v) is 1.30. The lowest BCUT2D eigenvalue weighted by molar-refractivity contribution is 0.785. The Hall–Kier alpha value is 0.217. The van der Waals surface area contributed by atoms with Crippen LogP contribution in [0.15, 0.2) is 0 Å². The van der Waals surface area contributed by atoms with Crippen molar-refractivity contribution in [3.63, 3.8) is 0 Å². The summed E-state index contributed by atoms with van der Waals surface area (Å²) in [5.41, 5.74) is 1.09. The predicted molar refractivity (Wildman–Crippen MR) is 24.6 cm³/mol. The van der Waals surface area contributed by atoms with Gasteiger partial charge in [-0.1, -0.05) is 24.9 Å². The zero-order chi connectivity index (χ0) is 3.70. The highest BCUT2D eigenvalue weighted by atomic mass is 28.2. The molecule has 1 heteroatoms. The minimum absolute atomic E-state index is 1.09. The van der Waals surface area contributed by atoms with E-state index in [0.717, 1.165) is 5.54 Å². The summed E-state index contributed by atoms with van der Waals surface area (Å²) < 4.78 is 0. The van der Waals surface area contributed by atoms with Crippen molar-refractivity contribution in [3.8, 4) is 0 Å². The molecular weight excluding hydrogens is 76.1 g/mol. The number of hydrogen-bond donors (Lipinski definition) is 0. The highest BCUT2D eigenvalue weighted by Gasteiger charge is 2.10. The maximum absolute atomic E-state index is 2.32. The second-order valence-electron chi connectivity index (χ2n) is 1.64. The van der Waals surface area contributed by atoms with Crippen molar-refractivity contribution in [2.75, 3.05) is 0 Å². The molecule has 5 heavy (non-hydrogen) atoms. The summed E-state index contributed by atoms with van der Waals surface area (Å²) in [4.78, 5) is 0. The molecule has 1 unspecified atom stereocenters. The van der Waals surface area contributed by atoms with Gasteiger partial charge in [0.25, 0.3) is 0 Å². The van der Waals surface area contributed by atoms with Gasteiger partial charge in [0.15, 0.2) is 0 Å². The van der Waals surface area contributed by atoms with Crippen LogP contribution in [0.1, 0.15) is 13.3 Å². The van der Waals surface area contributed by atoms with Crippen molar-refractivity contribution in [1.82, 2.24) is 0 Å². The Morgan fingerprint density at radius 1 is 1.80 bits per heavy atom. The maximum atomic E-state index is 2.32. The average Bonchev–Trinajstić information content (AvgIpc) is 1.30. The van der Waals surface area contributed by atoms with E-state index in [9.17, 15) is 0 Å². The van der Waals surface area contributed by atoms with Crippen LogP contribution in [0, 0.1) is 0 Å². The molecule has 2 radical (unpaired) electrons. The second kappa shape index (κ2) is 1.13. The Balaban J connectivity index is 2.08. The van der Waals surface area contributed by atoms with Crippen LogP contribution in [0.3, 0.4) is 0 Å². The molecule has 1 saturated heterocycles. The molecular formula is C4H8Si.